The Hall–Kier alpha value is -1.46. The average Bonchev–Trinajstić information content (AvgIpc) is 1.99. The first kappa shape index (κ1) is 10.6. The van der Waals surface area contributed by atoms with Crippen LogP contribution < -0.4 is 10.3 Å². The number of alkyl halides is 3. The summed E-state index contributed by atoms with van der Waals surface area (Å²) in [6.07, 6.45) is -4.70. The van der Waals surface area contributed by atoms with Crippen molar-refractivity contribution in [3.05, 3.63) is 27.7 Å². The summed E-state index contributed by atoms with van der Waals surface area (Å²) in [7, 11) is 1.09. The van der Waals surface area contributed by atoms with E-state index in [4.69, 9.17) is 0 Å². The number of methoxy groups -OCH3 is 1. The standard InChI is InChI=1S/C8H8F3NO2/c1-4-3-5(14-2)6(7(13)12-4)8(9,10)11/h3H,1-2H3,(H,12,13). The average molecular weight is 207 g/mol. The second-order valence-electron chi connectivity index (χ2n) is 2.72. The molecule has 3 nitrogen and oxygen atoms in total. The molecule has 0 spiro atoms. The fourth-order valence-corrected chi connectivity index (χ4v) is 1.09. The molecule has 0 atom stereocenters. The molecule has 0 bridgehead atoms. The van der Waals surface area contributed by atoms with E-state index in [-0.39, 0.29) is 0 Å². The van der Waals surface area contributed by atoms with Gasteiger partial charge in [-0.15, -0.1) is 0 Å². The van der Waals surface area contributed by atoms with Crippen molar-refractivity contribution in [2.45, 2.75) is 13.1 Å². The Kier molecular flexibility index (Phi) is 2.55. The number of hydrogen-bond donors (Lipinski definition) is 1. The van der Waals surface area contributed by atoms with Crippen LogP contribution in [0.1, 0.15) is 11.3 Å². The van der Waals surface area contributed by atoms with Gasteiger partial charge in [0.2, 0.25) is 0 Å². The zero-order valence-corrected chi connectivity index (χ0v) is 7.53. The monoisotopic (exact) mass is 207 g/mol. The quantitative estimate of drug-likeness (QED) is 0.761. The topological polar surface area (TPSA) is 42.1 Å². The number of pyridine rings is 1. The van der Waals surface area contributed by atoms with Crippen LogP contribution in [0.4, 0.5) is 13.2 Å². The first-order valence-electron chi connectivity index (χ1n) is 3.71. The summed E-state index contributed by atoms with van der Waals surface area (Å²) in [4.78, 5) is 13.1. The van der Waals surface area contributed by atoms with E-state index in [1.165, 1.54) is 6.92 Å². The van der Waals surface area contributed by atoms with E-state index in [1.54, 1.807) is 0 Å². The maximum Gasteiger partial charge on any atom is 0.425 e. The molecule has 0 saturated carbocycles. The van der Waals surface area contributed by atoms with Crippen LogP contribution in [-0.2, 0) is 6.18 Å². The molecule has 6 heteroatoms. The molecular weight excluding hydrogens is 199 g/mol. The lowest BCUT2D eigenvalue weighted by Gasteiger charge is -2.10. The molecule has 1 N–H and O–H groups in total. The van der Waals surface area contributed by atoms with E-state index >= 15 is 0 Å². The van der Waals surface area contributed by atoms with Gasteiger partial charge >= 0.3 is 6.18 Å². The summed E-state index contributed by atoms with van der Waals surface area (Å²) in [5.41, 5.74) is -2.17. The smallest absolute Gasteiger partial charge is 0.425 e. The fourth-order valence-electron chi connectivity index (χ4n) is 1.09. The van der Waals surface area contributed by atoms with Gasteiger partial charge in [0.25, 0.3) is 5.56 Å². The highest BCUT2D eigenvalue weighted by Crippen LogP contribution is 2.33. The third-order valence-electron chi connectivity index (χ3n) is 1.64. The van der Waals surface area contributed by atoms with Gasteiger partial charge in [0.15, 0.2) is 5.56 Å². The lowest BCUT2D eigenvalue weighted by atomic mass is 10.2. The van der Waals surface area contributed by atoms with Crippen LogP contribution in [0.15, 0.2) is 10.9 Å². The largest absolute Gasteiger partial charge is 0.496 e. The molecular formula is C8H8F3NO2. The first-order valence-corrected chi connectivity index (χ1v) is 3.71. The number of aromatic amines is 1. The number of aromatic nitrogens is 1. The van der Waals surface area contributed by atoms with E-state index in [0.717, 1.165) is 13.2 Å². The summed E-state index contributed by atoms with van der Waals surface area (Å²) in [6.45, 7) is 1.48. The molecule has 0 aliphatic rings. The highest BCUT2D eigenvalue weighted by Gasteiger charge is 2.37. The summed E-state index contributed by atoms with van der Waals surface area (Å²) in [6, 6.07) is 1.13. The van der Waals surface area contributed by atoms with Crippen molar-refractivity contribution in [3.63, 3.8) is 0 Å². The molecule has 0 aliphatic heterocycles. The van der Waals surface area contributed by atoms with Gasteiger partial charge in [-0.05, 0) is 6.92 Å². The van der Waals surface area contributed by atoms with Gasteiger partial charge in [0, 0.05) is 11.8 Å². The Morgan fingerprint density at radius 1 is 1.43 bits per heavy atom. The van der Waals surface area contributed by atoms with E-state index in [1.807, 2.05) is 0 Å². The van der Waals surface area contributed by atoms with Gasteiger partial charge in [-0.25, -0.2) is 0 Å². The van der Waals surface area contributed by atoms with E-state index < -0.39 is 23.0 Å². The minimum atomic E-state index is -4.70. The van der Waals surface area contributed by atoms with E-state index in [2.05, 4.69) is 9.72 Å². The molecule has 1 heterocycles. The molecule has 1 aromatic rings. The van der Waals surface area contributed by atoms with Gasteiger partial charge < -0.3 is 9.72 Å². The van der Waals surface area contributed by atoms with Gasteiger partial charge in [-0.3, -0.25) is 4.79 Å². The second kappa shape index (κ2) is 3.36. The Labute approximate surface area is 77.5 Å². The predicted octanol–water partition coefficient (Wildman–Crippen LogP) is 1.71. The van der Waals surface area contributed by atoms with Crippen LogP contribution in [0.25, 0.3) is 0 Å². The highest BCUT2D eigenvalue weighted by atomic mass is 19.4. The molecule has 0 saturated heterocycles. The van der Waals surface area contributed by atoms with Gasteiger partial charge in [0.1, 0.15) is 5.75 Å². The Morgan fingerprint density at radius 3 is 2.43 bits per heavy atom. The predicted molar refractivity (Wildman–Crippen MR) is 43.4 cm³/mol. The number of hydrogen-bond acceptors (Lipinski definition) is 2. The highest BCUT2D eigenvalue weighted by molar-refractivity contribution is 5.34. The van der Waals surface area contributed by atoms with Gasteiger partial charge in [-0.1, -0.05) is 0 Å². The number of nitrogens with one attached hydrogen (secondary N) is 1. The summed E-state index contributed by atoms with van der Waals surface area (Å²) < 4.78 is 41.5. The molecule has 0 aliphatic carbocycles. The zero-order chi connectivity index (χ0) is 10.9. The normalized spacial score (nSPS) is 11.5. The second-order valence-corrected chi connectivity index (χ2v) is 2.72. The Morgan fingerprint density at radius 2 is 2.00 bits per heavy atom. The van der Waals surface area contributed by atoms with Crippen molar-refractivity contribution in [2.75, 3.05) is 7.11 Å². The third-order valence-corrected chi connectivity index (χ3v) is 1.64. The van der Waals surface area contributed by atoms with Crippen LogP contribution in [0.5, 0.6) is 5.75 Å². The summed E-state index contributed by atoms with van der Waals surface area (Å²) in [5.74, 6) is -0.459. The van der Waals surface area contributed by atoms with Crippen molar-refractivity contribution < 1.29 is 17.9 Å². The molecule has 14 heavy (non-hydrogen) atoms. The summed E-state index contributed by atoms with van der Waals surface area (Å²) >= 11 is 0. The van der Waals surface area contributed by atoms with Crippen molar-refractivity contribution in [2.24, 2.45) is 0 Å². The number of ether oxygens (including phenoxy) is 1. The zero-order valence-electron chi connectivity index (χ0n) is 7.53. The molecule has 0 radical (unpaired) electrons. The van der Waals surface area contributed by atoms with E-state index in [0.29, 0.717) is 5.69 Å². The minimum Gasteiger partial charge on any atom is -0.496 e. The van der Waals surface area contributed by atoms with Gasteiger partial charge in [-0.2, -0.15) is 13.2 Å². The minimum absolute atomic E-state index is 0.319. The SMILES string of the molecule is COc1cc(C)[nH]c(=O)c1C(F)(F)F. The third kappa shape index (κ3) is 1.89. The number of aryl methyl sites for hydroxylation is 1. The maximum absolute atomic E-state index is 12.3. The number of rotatable bonds is 1. The van der Waals surface area contributed by atoms with Crippen molar-refractivity contribution in [1.82, 2.24) is 4.98 Å². The molecule has 1 rings (SSSR count). The Balaban J connectivity index is 3.49. The number of H-pyrrole nitrogens is 1. The van der Waals surface area contributed by atoms with Crippen molar-refractivity contribution in [1.29, 1.82) is 0 Å². The van der Waals surface area contributed by atoms with Crippen LogP contribution in [0.3, 0.4) is 0 Å². The molecule has 1 aromatic heterocycles. The molecule has 78 valence electrons. The lowest BCUT2D eigenvalue weighted by Crippen LogP contribution is -2.23. The fraction of sp³-hybridized carbons (Fsp3) is 0.375. The molecule has 0 fully saturated rings. The van der Waals surface area contributed by atoms with Crippen molar-refractivity contribution >= 4 is 0 Å². The van der Waals surface area contributed by atoms with E-state index in [9.17, 15) is 18.0 Å². The first-order chi connectivity index (χ1) is 6.36. The molecule has 0 amide bonds. The number of halogens is 3. The molecule has 0 aromatic carbocycles. The van der Waals surface area contributed by atoms with Crippen LogP contribution in [0, 0.1) is 6.92 Å². The van der Waals surface area contributed by atoms with Crippen molar-refractivity contribution in [3.8, 4) is 5.75 Å². The van der Waals surface area contributed by atoms with Crippen LogP contribution in [-0.4, -0.2) is 12.1 Å². The molecule has 0 unspecified atom stereocenters. The van der Waals surface area contributed by atoms with Crippen LogP contribution >= 0.6 is 0 Å². The van der Waals surface area contributed by atoms with Gasteiger partial charge in [0.05, 0.1) is 7.11 Å². The maximum atomic E-state index is 12.3. The summed E-state index contributed by atoms with van der Waals surface area (Å²) in [5, 5.41) is 0. The Bertz CT molecular complexity index is 395. The van der Waals surface area contributed by atoms with Crippen LogP contribution in [0.2, 0.25) is 0 Å². The lowest BCUT2D eigenvalue weighted by molar-refractivity contribution is -0.139.